The van der Waals surface area contributed by atoms with E-state index >= 15 is 0 Å². The minimum Gasteiger partial charge on any atom is -0.378 e. The maximum absolute atomic E-state index is 13.1. The highest BCUT2D eigenvalue weighted by Gasteiger charge is 2.39. The van der Waals surface area contributed by atoms with Crippen LogP contribution in [0.15, 0.2) is 18.2 Å². The van der Waals surface area contributed by atoms with Crippen molar-refractivity contribution in [3.05, 3.63) is 35.1 Å². The van der Waals surface area contributed by atoms with Gasteiger partial charge in [-0.05, 0) is 49.9 Å². The summed E-state index contributed by atoms with van der Waals surface area (Å²) < 4.78 is 18.5. The zero-order valence-corrected chi connectivity index (χ0v) is 10.3. The molecule has 1 fully saturated rings. The minimum atomic E-state index is -0.272. The number of methoxy groups -OCH3 is 1. The third-order valence-corrected chi connectivity index (χ3v) is 3.66. The summed E-state index contributed by atoms with van der Waals surface area (Å²) in [5.74, 6) is -0.235. The van der Waals surface area contributed by atoms with Crippen molar-refractivity contribution in [2.75, 3.05) is 7.11 Å². The molecule has 0 spiro atoms. The third-order valence-electron chi connectivity index (χ3n) is 3.66. The van der Waals surface area contributed by atoms with Crippen LogP contribution in [0.3, 0.4) is 0 Å². The number of hydrogen-bond donors (Lipinski definition) is 0. The van der Waals surface area contributed by atoms with E-state index < -0.39 is 0 Å². The maximum Gasteiger partial charge on any atom is 0.165 e. The lowest BCUT2D eigenvalue weighted by atomic mass is 9.76. The molecule has 2 rings (SSSR count). The van der Waals surface area contributed by atoms with E-state index in [1.54, 1.807) is 26.2 Å². The Labute approximate surface area is 101 Å². The number of Topliss-reactive ketones (excluding diaryl/α,β-unsaturated/α-hetero) is 1. The van der Waals surface area contributed by atoms with Crippen LogP contribution in [0.4, 0.5) is 4.39 Å². The average molecular weight is 236 g/mol. The highest BCUT2D eigenvalue weighted by atomic mass is 19.1. The smallest absolute Gasteiger partial charge is 0.165 e. The normalized spacial score (nSPS) is 17.6. The number of carbonyl (C=O) groups is 1. The number of carbonyl (C=O) groups excluding carboxylic acids is 1. The molecule has 0 unspecified atom stereocenters. The first-order chi connectivity index (χ1) is 8.06. The maximum atomic E-state index is 13.1. The lowest BCUT2D eigenvalue weighted by molar-refractivity contribution is -0.0704. The van der Waals surface area contributed by atoms with Gasteiger partial charge in [0.25, 0.3) is 0 Å². The molecule has 0 N–H and O–H groups in total. The molecule has 0 amide bonds. The number of hydrogen-bond acceptors (Lipinski definition) is 2. The average Bonchev–Trinajstić information content (AvgIpc) is 2.27. The first-order valence-electron chi connectivity index (χ1n) is 5.91. The first kappa shape index (κ1) is 12.2. The Hall–Kier alpha value is -1.22. The standard InChI is InChI=1S/C14H17FO2/c1-10-8-11(4-5-12(10)15)13(16)9-14(17-2)6-3-7-14/h4-5,8H,3,6-7,9H2,1-2H3. The minimum absolute atomic E-state index is 0.0367. The third kappa shape index (κ3) is 2.39. The summed E-state index contributed by atoms with van der Waals surface area (Å²) in [4.78, 5) is 12.1. The van der Waals surface area contributed by atoms with Crippen molar-refractivity contribution in [2.24, 2.45) is 0 Å². The number of ketones is 1. The number of rotatable bonds is 4. The van der Waals surface area contributed by atoms with Gasteiger partial charge in [-0.3, -0.25) is 4.79 Å². The van der Waals surface area contributed by atoms with Crippen molar-refractivity contribution >= 4 is 5.78 Å². The zero-order chi connectivity index (χ0) is 12.5. The second-order valence-electron chi connectivity index (χ2n) is 4.80. The largest absolute Gasteiger partial charge is 0.378 e. The molecule has 0 aromatic heterocycles. The van der Waals surface area contributed by atoms with E-state index in [1.165, 1.54) is 6.07 Å². The molecule has 2 nitrogen and oxygen atoms in total. The van der Waals surface area contributed by atoms with E-state index in [2.05, 4.69) is 0 Å². The Bertz CT molecular complexity index is 430. The van der Waals surface area contributed by atoms with Gasteiger partial charge in [0.2, 0.25) is 0 Å². The Morgan fingerprint density at radius 2 is 2.18 bits per heavy atom. The van der Waals surface area contributed by atoms with E-state index in [1.807, 2.05) is 0 Å². The molecule has 1 aliphatic rings. The van der Waals surface area contributed by atoms with Gasteiger partial charge in [-0.1, -0.05) is 0 Å². The SMILES string of the molecule is COC1(CC(=O)c2ccc(F)c(C)c2)CCC1. The van der Waals surface area contributed by atoms with Crippen molar-refractivity contribution in [1.82, 2.24) is 0 Å². The van der Waals surface area contributed by atoms with Crippen LogP contribution in [0.1, 0.15) is 41.6 Å². The fraction of sp³-hybridized carbons (Fsp3) is 0.500. The summed E-state index contributed by atoms with van der Waals surface area (Å²) in [5, 5.41) is 0. The highest BCUT2D eigenvalue weighted by molar-refractivity contribution is 5.97. The highest BCUT2D eigenvalue weighted by Crippen LogP contribution is 2.38. The van der Waals surface area contributed by atoms with Crippen LogP contribution in [0.25, 0.3) is 0 Å². The van der Waals surface area contributed by atoms with Crippen LogP contribution in [0.5, 0.6) is 0 Å². The van der Waals surface area contributed by atoms with E-state index in [0.717, 1.165) is 19.3 Å². The van der Waals surface area contributed by atoms with Gasteiger partial charge in [-0.2, -0.15) is 0 Å². The number of aryl methyl sites for hydroxylation is 1. The summed E-state index contributed by atoms with van der Waals surface area (Å²) in [6.45, 7) is 1.67. The van der Waals surface area contributed by atoms with Gasteiger partial charge in [0, 0.05) is 19.1 Å². The zero-order valence-electron chi connectivity index (χ0n) is 10.3. The molecule has 0 aliphatic heterocycles. The van der Waals surface area contributed by atoms with Crippen molar-refractivity contribution in [1.29, 1.82) is 0 Å². The van der Waals surface area contributed by atoms with Crippen molar-refractivity contribution < 1.29 is 13.9 Å². The van der Waals surface area contributed by atoms with Crippen LogP contribution in [-0.2, 0) is 4.74 Å². The fourth-order valence-electron chi connectivity index (χ4n) is 2.24. The molecule has 0 atom stereocenters. The molecule has 92 valence electrons. The predicted molar refractivity (Wildman–Crippen MR) is 63.7 cm³/mol. The number of halogens is 1. The summed E-state index contributed by atoms with van der Waals surface area (Å²) in [7, 11) is 1.66. The van der Waals surface area contributed by atoms with E-state index in [-0.39, 0.29) is 17.2 Å². The van der Waals surface area contributed by atoms with E-state index in [0.29, 0.717) is 17.5 Å². The van der Waals surface area contributed by atoms with Crippen LogP contribution in [-0.4, -0.2) is 18.5 Å². The Balaban J connectivity index is 2.11. The second kappa shape index (κ2) is 4.57. The summed E-state index contributed by atoms with van der Waals surface area (Å²) in [6.07, 6.45) is 3.39. The molecule has 3 heteroatoms. The lowest BCUT2D eigenvalue weighted by Crippen LogP contribution is -2.41. The van der Waals surface area contributed by atoms with Gasteiger partial charge in [0.1, 0.15) is 5.82 Å². The Morgan fingerprint density at radius 3 is 2.65 bits per heavy atom. The monoisotopic (exact) mass is 236 g/mol. The molecule has 0 heterocycles. The fourth-order valence-corrected chi connectivity index (χ4v) is 2.24. The van der Waals surface area contributed by atoms with Gasteiger partial charge in [-0.15, -0.1) is 0 Å². The Morgan fingerprint density at radius 1 is 1.47 bits per heavy atom. The predicted octanol–water partition coefficient (Wildman–Crippen LogP) is 3.28. The quantitative estimate of drug-likeness (QED) is 0.750. The number of benzene rings is 1. The molecule has 0 radical (unpaired) electrons. The van der Waals surface area contributed by atoms with Crippen LogP contribution < -0.4 is 0 Å². The van der Waals surface area contributed by atoms with E-state index in [4.69, 9.17) is 4.74 Å². The topological polar surface area (TPSA) is 26.3 Å². The molecular formula is C14H17FO2. The molecular weight excluding hydrogens is 219 g/mol. The lowest BCUT2D eigenvalue weighted by Gasteiger charge is -2.40. The summed E-state index contributed by atoms with van der Waals surface area (Å²) in [5.41, 5.74) is 0.822. The van der Waals surface area contributed by atoms with Crippen LogP contribution in [0.2, 0.25) is 0 Å². The molecule has 1 saturated carbocycles. The van der Waals surface area contributed by atoms with Gasteiger partial charge >= 0.3 is 0 Å². The van der Waals surface area contributed by atoms with Gasteiger partial charge in [0.05, 0.1) is 5.60 Å². The summed E-state index contributed by atoms with van der Waals surface area (Å²) >= 11 is 0. The molecule has 0 bridgehead atoms. The Kier molecular flexibility index (Phi) is 3.29. The van der Waals surface area contributed by atoms with Gasteiger partial charge in [-0.25, -0.2) is 4.39 Å². The van der Waals surface area contributed by atoms with Crippen molar-refractivity contribution in [3.8, 4) is 0 Å². The molecule has 1 aromatic carbocycles. The van der Waals surface area contributed by atoms with Crippen molar-refractivity contribution in [3.63, 3.8) is 0 Å². The van der Waals surface area contributed by atoms with Crippen LogP contribution >= 0.6 is 0 Å². The molecule has 17 heavy (non-hydrogen) atoms. The molecule has 1 aromatic rings. The number of ether oxygens (including phenoxy) is 1. The first-order valence-corrected chi connectivity index (χ1v) is 5.91. The van der Waals surface area contributed by atoms with E-state index in [9.17, 15) is 9.18 Å². The molecule has 1 aliphatic carbocycles. The molecule has 0 saturated heterocycles. The van der Waals surface area contributed by atoms with Gasteiger partial charge < -0.3 is 4.74 Å². The second-order valence-corrected chi connectivity index (χ2v) is 4.80. The summed E-state index contributed by atoms with van der Waals surface area (Å²) in [6, 6.07) is 4.51. The van der Waals surface area contributed by atoms with Gasteiger partial charge in [0.15, 0.2) is 5.78 Å². The van der Waals surface area contributed by atoms with Crippen molar-refractivity contribution in [2.45, 2.75) is 38.2 Å². The van der Waals surface area contributed by atoms with Crippen LogP contribution in [0, 0.1) is 12.7 Å².